The molecule has 0 unspecified atom stereocenters. The minimum atomic E-state index is -4.45. The molecule has 1 fully saturated rings. The summed E-state index contributed by atoms with van der Waals surface area (Å²) in [5, 5.41) is 7.63. The Morgan fingerprint density at radius 1 is 0.970 bits per heavy atom. The van der Waals surface area contributed by atoms with Crippen molar-refractivity contribution in [2.24, 2.45) is 0 Å². The summed E-state index contributed by atoms with van der Waals surface area (Å²) in [7, 11) is 3.93. The molecular weight excluding hydrogens is 451 g/mol. The van der Waals surface area contributed by atoms with Gasteiger partial charge in [-0.3, -0.25) is 0 Å². The lowest BCUT2D eigenvalue weighted by atomic mass is 9.91. The molecule has 33 heavy (non-hydrogen) atoms. The molecule has 1 aliphatic rings. The van der Waals surface area contributed by atoms with E-state index in [1.165, 1.54) is 6.07 Å². The van der Waals surface area contributed by atoms with Gasteiger partial charge >= 0.3 is 6.18 Å². The number of fused-ring (bicyclic) bond motifs is 1. The summed E-state index contributed by atoms with van der Waals surface area (Å²) in [6.45, 7) is 0.311. The first kappa shape index (κ1) is 23.6. The van der Waals surface area contributed by atoms with Crippen molar-refractivity contribution in [3.05, 3.63) is 58.6 Å². The fraction of sp³-hybridized carbons (Fsp3) is 0.417. The SMILES string of the molecule is CN(C)c1nc(N[C@H]2CC[C@@H](NCc3cccc(C(F)(F)F)c3Cl)CC2)nc2ccccc12. The Bertz CT molecular complexity index is 1110. The molecule has 3 aromatic rings. The van der Waals surface area contributed by atoms with E-state index in [1.807, 2.05) is 43.3 Å². The Balaban J connectivity index is 1.35. The van der Waals surface area contributed by atoms with E-state index in [4.69, 9.17) is 16.6 Å². The maximum absolute atomic E-state index is 13.1. The standard InChI is InChI=1S/C24H27ClF3N5/c1-33(2)22-18-7-3-4-9-20(18)31-23(32-22)30-17-12-10-16(11-13-17)29-14-15-6-5-8-19(21(15)25)24(26,27)28/h3-9,16-17,29H,10-14H2,1-2H3,(H,30,31,32)/t16-,17+. The highest BCUT2D eigenvalue weighted by Gasteiger charge is 2.33. The maximum Gasteiger partial charge on any atom is 0.417 e. The number of hydrogen-bond acceptors (Lipinski definition) is 5. The topological polar surface area (TPSA) is 53.1 Å². The van der Waals surface area contributed by atoms with Crippen molar-refractivity contribution in [2.45, 2.75) is 50.5 Å². The van der Waals surface area contributed by atoms with Crippen LogP contribution in [0.15, 0.2) is 42.5 Å². The van der Waals surface area contributed by atoms with Gasteiger partial charge in [-0.1, -0.05) is 35.9 Å². The summed E-state index contributed by atoms with van der Waals surface area (Å²) < 4.78 is 39.2. The summed E-state index contributed by atoms with van der Waals surface area (Å²) >= 11 is 6.01. The molecule has 0 saturated heterocycles. The van der Waals surface area contributed by atoms with Crippen LogP contribution in [0.3, 0.4) is 0 Å². The molecule has 1 aromatic heterocycles. The van der Waals surface area contributed by atoms with Gasteiger partial charge in [-0.25, -0.2) is 4.98 Å². The van der Waals surface area contributed by atoms with Gasteiger partial charge in [0.1, 0.15) is 5.82 Å². The van der Waals surface area contributed by atoms with Crippen molar-refractivity contribution >= 4 is 34.3 Å². The summed E-state index contributed by atoms with van der Waals surface area (Å²) in [6.07, 6.45) is -0.804. The highest BCUT2D eigenvalue weighted by atomic mass is 35.5. The number of para-hydroxylation sites is 1. The molecule has 1 aliphatic carbocycles. The maximum atomic E-state index is 13.1. The first-order chi connectivity index (χ1) is 15.7. The van der Waals surface area contributed by atoms with Crippen LogP contribution < -0.4 is 15.5 Å². The fourth-order valence-corrected chi connectivity index (χ4v) is 4.58. The van der Waals surface area contributed by atoms with Gasteiger partial charge in [0.2, 0.25) is 5.95 Å². The Kier molecular flexibility index (Phi) is 6.95. The predicted molar refractivity (Wildman–Crippen MR) is 127 cm³/mol. The molecule has 4 rings (SSSR count). The van der Waals surface area contributed by atoms with Crippen LogP contribution in [0.2, 0.25) is 5.02 Å². The Morgan fingerprint density at radius 3 is 2.36 bits per heavy atom. The average molecular weight is 478 g/mol. The van der Waals surface area contributed by atoms with Gasteiger partial charge in [0.05, 0.1) is 16.1 Å². The van der Waals surface area contributed by atoms with Gasteiger partial charge in [0, 0.05) is 38.1 Å². The molecule has 0 amide bonds. The van der Waals surface area contributed by atoms with Crippen LogP contribution in [0.25, 0.3) is 10.9 Å². The van der Waals surface area contributed by atoms with Crippen molar-refractivity contribution in [3.8, 4) is 0 Å². The monoisotopic (exact) mass is 477 g/mol. The number of nitrogens with zero attached hydrogens (tertiary/aromatic N) is 3. The minimum absolute atomic E-state index is 0.224. The minimum Gasteiger partial charge on any atom is -0.362 e. The number of hydrogen-bond donors (Lipinski definition) is 2. The van der Waals surface area contributed by atoms with Gasteiger partial charge in [-0.05, 0) is 49.4 Å². The van der Waals surface area contributed by atoms with Crippen LogP contribution in [-0.4, -0.2) is 36.1 Å². The number of rotatable bonds is 6. The zero-order chi connectivity index (χ0) is 23.6. The lowest BCUT2D eigenvalue weighted by Gasteiger charge is -2.30. The Labute approximate surface area is 196 Å². The molecule has 0 radical (unpaired) electrons. The molecule has 0 spiro atoms. The van der Waals surface area contributed by atoms with E-state index in [9.17, 15) is 13.2 Å². The van der Waals surface area contributed by atoms with Crippen molar-refractivity contribution < 1.29 is 13.2 Å². The molecular formula is C24H27ClF3N5. The molecule has 0 bridgehead atoms. The van der Waals surface area contributed by atoms with Crippen LogP contribution in [0.5, 0.6) is 0 Å². The fourth-order valence-electron chi connectivity index (χ4n) is 4.28. The van der Waals surface area contributed by atoms with E-state index < -0.39 is 11.7 Å². The van der Waals surface area contributed by atoms with Crippen LogP contribution in [0.4, 0.5) is 24.9 Å². The zero-order valence-electron chi connectivity index (χ0n) is 18.6. The van der Waals surface area contributed by atoms with Crippen molar-refractivity contribution in [3.63, 3.8) is 0 Å². The van der Waals surface area contributed by atoms with Crippen molar-refractivity contribution in [1.29, 1.82) is 0 Å². The smallest absolute Gasteiger partial charge is 0.362 e. The third-order valence-corrected chi connectivity index (χ3v) is 6.48. The molecule has 1 heterocycles. The molecule has 2 aromatic carbocycles. The number of alkyl halides is 3. The molecule has 9 heteroatoms. The van der Waals surface area contributed by atoms with E-state index in [1.54, 1.807) is 6.07 Å². The van der Waals surface area contributed by atoms with E-state index >= 15 is 0 Å². The summed E-state index contributed by atoms with van der Waals surface area (Å²) in [6, 6.07) is 12.5. The Morgan fingerprint density at radius 2 is 1.67 bits per heavy atom. The van der Waals surface area contributed by atoms with Gasteiger partial charge in [0.15, 0.2) is 0 Å². The van der Waals surface area contributed by atoms with E-state index in [0.29, 0.717) is 18.1 Å². The molecule has 2 N–H and O–H groups in total. The van der Waals surface area contributed by atoms with Crippen LogP contribution in [0.1, 0.15) is 36.8 Å². The number of aromatic nitrogens is 2. The van der Waals surface area contributed by atoms with Gasteiger partial charge in [-0.2, -0.15) is 18.2 Å². The summed E-state index contributed by atoms with van der Waals surface area (Å²) in [5.74, 6) is 1.49. The number of anilines is 2. The predicted octanol–water partition coefficient (Wildman–Crippen LogP) is 5.88. The first-order valence-corrected chi connectivity index (χ1v) is 11.4. The third-order valence-electron chi connectivity index (χ3n) is 6.03. The van der Waals surface area contributed by atoms with Crippen LogP contribution in [0, 0.1) is 0 Å². The summed E-state index contributed by atoms with van der Waals surface area (Å²) in [5.41, 5.74) is 0.573. The highest BCUT2D eigenvalue weighted by Crippen LogP contribution is 2.36. The number of halogens is 4. The lowest BCUT2D eigenvalue weighted by Crippen LogP contribution is -2.37. The molecule has 0 atom stereocenters. The van der Waals surface area contributed by atoms with Gasteiger partial charge in [0.25, 0.3) is 0 Å². The second kappa shape index (κ2) is 9.73. The van der Waals surface area contributed by atoms with E-state index in [0.717, 1.165) is 48.5 Å². The van der Waals surface area contributed by atoms with Gasteiger partial charge in [-0.15, -0.1) is 0 Å². The average Bonchev–Trinajstić information content (AvgIpc) is 2.78. The lowest BCUT2D eigenvalue weighted by molar-refractivity contribution is -0.137. The molecule has 1 saturated carbocycles. The van der Waals surface area contributed by atoms with E-state index in [-0.39, 0.29) is 17.1 Å². The Hall–Kier alpha value is -2.58. The number of nitrogens with one attached hydrogen (secondary N) is 2. The highest BCUT2D eigenvalue weighted by molar-refractivity contribution is 6.32. The van der Waals surface area contributed by atoms with Crippen LogP contribution in [-0.2, 0) is 12.7 Å². The van der Waals surface area contributed by atoms with Crippen molar-refractivity contribution in [2.75, 3.05) is 24.3 Å². The zero-order valence-corrected chi connectivity index (χ0v) is 19.3. The second-order valence-corrected chi connectivity index (χ2v) is 9.01. The largest absolute Gasteiger partial charge is 0.417 e. The molecule has 176 valence electrons. The van der Waals surface area contributed by atoms with Gasteiger partial charge < -0.3 is 15.5 Å². The third kappa shape index (κ3) is 5.50. The normalized spacial score (nSPS) is 19.0. The molecule has 0 aliphatic heterocycles. The van der Waals surface area contributed by atoms with Crippen molar-refractivity contribution in [1.82, 2.24) is 15.3 Å². The second-order valence-electron chi connectivity index (χ2n) is 8.63. The molecule has 5 nitrogen and oxygen atoms in total. The van der Waals surface area contributed by atoms with E-state index in [2.05, 4.69) is 15.6 Å². The summed E-state index contributed by atoms with van der Waals surface area (Å²) in [4.78, 5) is 11.4. The number of benzene rings is 2. The van der Waals surface area contributed by atoms with Crippen LogP contribution >= 0.6 is 11.6 Å². The first-order valence-electron chi connectivity index (χ1n) is 11.0. The quantitative estimate of drug-likeness (QED) is 0.464.